The first-order valence-electron chi connectivity index (χ1n) is 18.8. The van der Waals surface area contributed by atoms with Crippen LogP contribution in [-0.2, 0) is 11.3 Å². The molecule has 0 radical (unpaired) electrons. The van der Waals surface area contributed by atoms with E-state index in [0.717, 1.165) is 18.7 Å². The fourth-order valence-corrected chi connectivity index (χ4v) is 8.40. The molecule has 2 aromatic heterocycles. The average molecular weight is 810 g/mol. The number of benzene rings is 5. The van der Waals surface area contributed by atoms with Gasteiger partial charge in [0, 0.05) is 16.8 Å². The zero-order valence-electron chi connectivity index (χ0n) is 31.5. The summed E-state index contributed by atoms with van der Waals surface area (Å²) in [7, 11) is 1.58. The lowest BCUT2D eigenvalue weighted by Crippen LogP contribution is -3.12. The quantitative estimate of drug-likeness (QED) is 0.176. The molecule has 0 aliphatic carbocycles. The zero-order chi connectivity index (χ0) is 40.3. The van der Waals surface area contributed by atoms with Crippen molar-refractivity contribution in [1.82, 2.24) is 18.3 Å². The lowest BCUT2D eigenvalue weighted by Gasteiger charge is -2.30. The van der Waals surface area contributed by atoms with E-state index in [1.165, 1.54) is 23.2 Å². The van der Waals surface area contributed by atoms with E-state index in [0.29, 0.717) is 53.8 Å². The van der Waals surface area contributed by atoms with E-state index in [2.05, 4.69) is 0 Å². The van der Waals surface area contributed by atoms with Gasteiger partial charge >= 0.3 is 0 Å². The van der Waals surface area contributed by atoms with Gasteiger partial charge in [-0.1, -0.05) is 78.9 Å². The van der Waals surface area contributed by atoms with Crippen LogP contribution in [0.3, 0.4) is 0 Å². The summed E-state index contributed by atoms with van der Waals surface area (Å²) in [6.07, 6.45) is 0. The maximum Gasteiger partial charge on any atom is 0.266 e. The Kier molecular flexibility index (Phi) is 11.0. The molecular formula is C45H39N5O6S2. The fourth-order valence-electron chi connectivity index (χ4n) is 7.64. The minimum atomic E-state index is -1.45. The van der Waals surface area contributed by atoms with Gasteiger partial charge in [-0.15, -0.1) is 0 Å². The Bertz CT molecular complexity index is 2680. The van der Waals surface area contributed by atoms with Gasteiger partial charge < -0.3 is 29.2 Å². The van der Waals surface area contributed by atoms with Crippen LogP contribution in [0.15, 0.2) is 149 Å². The Labute approximate surface area is 344 Å². The summed E-state index contributed by atoms with van der Waals surface area (Å²) in [6.45, 7) is 3.27. The molecule has 0 saturated carbocycles. The topological polar surface area (TPSA) is 120 Å². The molecule has 1 saturated heterocycles. The maximum atomic E-state index is 15.3. The SMILES string of the molecule is COc1ccc(C(c2c([O-])n(-c3ccccc3)c(=S)n(-c3ccccc3)c2=O)c2c(O)n(-c3ccccc3)c(=S)n(-c3ccccc3)c2=O)cc1C[NH+]1CCOCC1. The van der Waals surface area contributed by atoms with Gasteiger partial charge in [0.15, 0.2) is 9.54 Å². The Morgan fingerprint density at radius 2 is 1.12 bits per heavy atom. The number of rotatable bonds is 10. The van der Waals surface area contributed by atoms with Crippen LogP contribution in [0.5, 0.6) is 17.5 Å². The second-order valence-electron chi connectivity index (χ2n) is 13.9. The van der Waals surface area contributed by atoms with Crippen LogP contribution in [0.2, 0.25) is 0 Å². The highest BCUT2D eigenvalue weighted by Crippen LogP contribution is 2.40. The van der Waals surface area contributed by atoms with Crippen molar-refractivity contribution < 1.29 is 24.6 Å². The predicted molar refractivity (Wildman–Crippen MR) is 225 cm³/mol. The van der Waals surface area contributed by atoms with Crippen LogP contribution in [0, 0.1) is 9.54 Å². The van der Waals surface area contributed by atoms with Crippen LogP contribution < -0.4 is 25.9 Å². The van der Waals surface area contributed by atoms with E-state index in [1.54, 1.807) is 116 Å². The third kappa shape index (κ3) is 7.09. The lowest BCUT2D eigenvalue weighted by atomic mass is 9.85. The molecule has 292 valence electrons. The molecule has 1 fully saturated rings. The number of aromatic hydroxyl groups is 1. The lowest BCUT2D eigenvalue weighted by molar-refractivity contribution is -0.921. The van der Waals surface area contributed by atoms with E-state index in [1.807, 2.05) is 30.3 Å². The number of nitrogens with zero attached hydrogens (tertiary/aromatic N) is 4. The number of methoxy groups -OCH3 is 1. The number of para-hydroxylation sites is 4. The van der Waals surface area contributed by atoms with Crippen LogP contribution in [0.25, 0.3) is 22.7 Å². The van der Waals surface area contributed by atoms with Gasteiger partial charge in [-0.3, -0.25) is 23.3 Å². The number of hydrogen-bond acceptors (Lipinski definition) is 8. The Morgan fingerprint density at radius 3 is 1.62 bits per heavy atom. The van der Waals surface area contributed by atoms with Crippen LogP contribution in [0.1, 0.15) is 28.2 Å². The van der Waals surface area contributed by atoms with E-state index in [9.17, 15) is 5.11 Å². The summed E-state index contributed by atoms with van der Waals surface area (Å²) in [5.41, 5.74) is 0.920. The van der Waals surface area contributed by atoms with E-state index in [-0.39, 0.29) is 20.7 Å². The maximum absolute atomic E-state index is 15.3. The first-order chi connectivity index (χ1) is 28.3. The minimum Gasteiger partial charge on any atom is -0.859 e. The smallest absolute Gasteiger partial charge is 0.266 e. The molecule has 1 aliphatic rings. The largest absolute Gasteiger partial charge is 0.859 e. The number of aromatic nitrogens is 4. The van der Waals surface area contributed by atoms with Gasteiger partial charge in [-0.05, 0) is 96.5 Å². The van der Waals surface area contributed by atoms with Crippen molar-refractivity contribution in [3.05, 3.63) is 192 Å². The van der Waals surface area contributed by atoms with Crippen molar-refractivity contribution >= 4 is 24.4 Å². The first-order valence-corrected chi connectivity index (χ1v) is 19.6. The first kappa shape index (κ1) is 38.5. The van der Waals surface area contributed by atoms with Gasteiger partial charge in [-0.25, -0.2) is 0 Å². The Hall–Kier alpha value is -6.38. The van der Waals surface area contributed by atoms with Crippen LogP contribution in [-0.4, -0.2) is 56.8 Å². The van der Waals surface area contributed by atoms with Gasteiger partial charge in [0.2, 0.25) is 5.88 Å². The number of hydrogen-bond donors (Lipinski definition) is 2. The van der Waals surface area contributed by atoms with Gasteiger partial charge in [0.25, 0.3) is 11.1 Å². The fraction of sp³-hybridized carbons (Fsp3) is 0.156. The molecule has 2 N–H and O–H groups in total. The summed E-state index contributed by atoms with van der Waals surface area (Å²) in [6, 6.07) is 40.7. The van der Waals surface area contributed by atoms with Crippen LogP contribution >= 0.6 is 24.4 Å². The molecule has 11 nitrogen and oxygen atoms in total. The van der Waals surface area contributed by atoms with Gasteiger partial charge in [-0.2, -0.15) is 0 Å². The summed E-state index contributed by atoms with van der Waals surface area (Å²) < 4.78 is 16.7. The van der Waals surface area contributed by atoms with E-state index >= 15 is 14.7 Å². The van der Waals surface area contributed by atoms with E-state index < -0.39 is 28.8 Å². The number of quaternary nitrogens is 1. The average Bonchev–Trinajstić information content (AvgIpc) is 3.25. The molecule has 8 rings (SSSR count). The van der Waals surface area contributed by atoms with Crippen molar-refractivity contribution in [2.45, 2.75) is 12.5 Å². The van der Waals surface area contributed by atoms with Gasteiger partial charge in [0.05, 0.1) is 48.9 Å². The monoisotopic (exact) mass is 809 g/mol. The molecule has 5 aromatic carbocycles. The molecule has 3 heterocycles. The Balaban J connectivity index is 1.54. The van der Waals surface area contributed by atoms with Crippen LogP contribution in [0.4, 0.5) is 0 Å². The second kappa shape index (κ2) is 16.6. The third-order valence-electron chi connectivity index (χ3n) is 10.4. The third-order valence-corrected chi connectivity index (χ3v) is 11.2. The van der Waals surface area contributed by atoms with Crippen molar-refractivity contribution in [1.29, 1.82) is 0 Å². The summed E-state index contributed by atoms with van der Waals surface area (Å²) in [5.74, 6) is -2.11. The second-order valence-corrected chi connectivity index (χ2v) is 14.6. The molecule has 0 spiro atoms. The molecule has 1 unspecified atom stereocenters. The van der Waals surface area contributed by atoms with Gasteiger partial charge in [0.1, 0.15) is 25.4 Å². The number of ether oxygens (including phenoxy) is 2. The minimum absolute atomic E-state index is 0.0157. The summed E-state index contributed by atoms with van der Waals surface area (Å²) >= 11 is 11.9. The molecule has 1 atom stereocenters. The molecule has 13 heteroatoms. The molecule has 0 bridgehead atoms. The van der Waals surface area contributed by atoms with Crippen molar-refractivity contribution in [2.24, 2.45) is 0 Å². The summed E-state index contributed by atoms with van der Waals surface area (Å²) in [4.78, 5) is 31.9. The molecule has 58 heavy (non-hydrogen) atoms. The number of nitrogens with one attached hydrogen (secondary N) is 1. The standard InChI is InChI=1S/C45H39N5O6S2/c1-55-36-23-22-30(28-31(36)29-46-24-26-56-27-25-46)37(38-40(51)47(32-14-6-2-7-15-32)44(57)48(41(38)52)33-16-8-3-9-17-33)39-42(53)49(34-18-10-4-11-19-34)45(58)50(43(39)54)35-20-12-5-13-21-35/h2-23,28,37,51,53H,24-27,29H2,1H3. The highest BCUT2D eigenvalue weighted by molar-refractivity contribution is 7.71. The predicted octanol–water partition coefficient (Wildman–Crippen LogP) is 5.41. The van der Waals surface area contributed by atoms with Crippen molar-refractivity contribution in [2.75, 3.05) is 33.4 Å². The Morgan fingerprint density at radius 1 is 0.672 bits per heavy atom. The molecule has 0 amide bonds. The highest BCUT2D eigenvalue weighted by Gasteiger charge is 2.33. The molecule has 1 aliphatic heterocycles. The van der Waals surface area contributed by atoms with Crippen molar-refractivity contribution in [3.63, 3.8) is 0 Å². The number of morpholine rings is 1. The zero-order valence-corrected chi connectivity index (χ0v) is 33.1. The summed E-state index contributed by atoms with van der Waals surface area (Å²) in [5, 5.41) is 27.9. The highest BCUT2D eigenvalue weighted by atomic mass is 32.1. The normalized spacial score (nSPS) is 13.6. The molecular weight excluding hydrogens is 771 g/mol. The molecule has 7 aromatic rings. The van der Waals surface area contributed by atoms with Crippen molar-refractivity contribution in [3.8, 4) is 40.3 Å². The van der Waals surface area contributed by atoms with E-state index in [4.69, 9.17) is 33.9 Å².